The Bertz CT molecular complexity index is 754. The minimum Gasteiger partial charge on any atom is -0.290 e. The van der Waals surface area contributed by atoms with E-state index >= 15 is 0 Å². The molecule has 0 saturated heterocycles. The molecule has 0 unspecified atom stereocenters. The zero-order valence-electron chi connectivity index (χ0n) is 20.3. The van der Waals surface area contributed by atoms with E-state index in [1.807, 2.05) is 12.2 Å². The second kappa shape index (κ2) is 8.10. The van der Waals surface area contributed by atoms with Crippen molar-refractivity contribution in [1.29, 1.82) is 0 Å². The molecule has 0 aliphatic heterocycles. The van der Waals surface area contributed by atoms with Crippen LogP contribution in [-0.2, 0) is 4.79 Å². The van der Waals surface area contributed by atoms with Gasteiger partial charge in [0.1, 0.15) is 0 Å². The van der Waals surface area contributed by atoms with Crippen LogP contribution >= 0.6 is 0 Å². The first kappa shape index (κ1) is 22.1. The van der Waals surface area contributed by atoms with Gasteiger partial charge in [-0.05, 0) is 104 Å². The van der Waals surface area contributed by atoms with Crippen molar-refractivity contribution in [2.24, 2.45) is 52.3 Å². The summed E-state index contributed by atoms with van der Waals surface area (Å²) >= 11 is 0. The van der Waals surface area contributed by atoms with Crippen molar-refractivity contribution < 1.29 is 4.79 Å². The minimum atomic E-state index is 0.132. The molecule has 0 bridgehead atoms. The SMILES string of the molecule is CC[C@H](C=C[C@@H](C)[C@H]1CC[C@H]2[C@@H]3CCC4=CC(=O)C=C[C@]4(C)[C@H]3CC[C@]12C)C(C)C. The Balaban J connectivity index is 1.53. The molecule has 0 radical (unpaired) electrons. The molecule has 3 saturated carbocycles. The summed E-state index contributed by atoms with van der Waals surface area (Å²) < 4.78 is 0. The number of ketones is 1. The van der Waals surface area contributed by atoms with Gasteiger partial charge < -0.3 is 0 Å². The van der Waals surface area contributed by atoms with Gasteiger partial charge in [-0.25, -0.2) is 0 Å². The molecule has 166 valence electrons. The first-order chi connectivity index (χ1) is 14.2. The lowest BCUT2D eigenvalue weighted by atomic mass is 9.47. The number of rotatable bonds is 5. The third kappa shape index (κ3) is 3.49. The molecule has 0 amide bonds. The Morgan fingerprint density at radius 3 is 2.53 bits per heavy atom. The van der Waals surface area contributed by atoms with Gasteiger partial charge in [-0.15, -0.1) is 0 Å². The van der Waals surface area contributed by atoms with Crippen LogP contribution in [-0.4, -0.2) is 5.78 Å². The topological polar surface area (TPSA) is 17.1 Å². The molecule has 1 nitrogen and oxygen atoms in total. The van der Waals surface area contributed by atoms with E-state index in [0.29, 0.717) is 11.3 Å². The fourth-order valence-electron chi connectivity index (χ4n) is 8.38. The second-order valence-corrected chi connectivity index (χ2v) is 11.9. The molecule has 0 spiro atoms. The van der Waals surface area contributed by atoms with E-state index in [4.69, 9.17) is 0 Å². The van der Waals surface area contributed by atoms with E-state index in [1.54, 1.807) is 0 Å². The van der Waals surface area contributed by atoms with E-state index in [9.17, 15) is 4.79 Å². The monoisotopic (exact) mass is 408 g/mol. The Morgan fingerprint density at radius 2 is 1.83 bits per heavy atom. The first-order valence-corrected chi connectivity index (χ1v) is 12.8. The Kier molecular flexibility index (Phi) is 5.97. The highest BCUT2D eigenvalue weighted by atomic mass is 16.1. The summed E-state index contributed by atoms with van der Waals surface area (Å²) in [7, 11) is 0. The maximum Gasteiger partial charge on any atom is 0.178 e. The number of carbonyl (C=O) groups is 1. The lowest BCUT2D eigenvalue weighted by Gasteiger charge is -2.57. The van der Waals surface area contributed by atoms with Crippen LogP contribution in [0.1, 0.15) is 86.5 Å². The molecule has 0 heterocycles. The molecule has 3 fully saturated rings. The van der Waals surface area contributed by atoms with Crippen molar-refractivity contribution in [3.05, 3.63) is 36.0 Å². The molecule has 8 atom stereocenters. The van der Waals surface area contributed by atoms with Crippen LogP contribution in [0, 0.1) is 52.3 Å². The van der Waals surface area contributed by atoms with Gasteiger partial charge >= 0.3 is 0 Å². The van der Waals surface area contributed by atoms with Crippen LogP contribution in [0.5, 0.6) is 0 Å². The molecule has 4 rings (SSSR count). The Labute approximate surface area is 185 Å². The smallest absolute Gasteiger partial charge is 0.178 e. The van der Waals surface area contributed by atoms with Crippen LogP contribution in [0.15, 0.2) is 36.0 Å². The molecule has 1 heteroatoms. The largest absolute Gasteiger partial charge is 0.290 e. The number of fused-ring (bicyclic) bond motifs is 5. The Hall–Kier alpha value is -1.11. The van der Waals surface area contributed by atoms with Crippen LogP contribution in [0.4, 0.5) is 0 Å². The summed E-state index contributed by atoms with van der Waals surface area (Å²) in [5.74, 6) is 5.62. The van der Waals surface area contributed by atoms with E-state index in [2.05, 4.69) is 59.8 Å². The normalized spacial score (nSPS) is 42.6. The van der Waals surface area contributed by atoms with Crippen molar-refractivity contribution >= 4 is 5.78 Å². The van der Waals surface area contributed by atoms with Crippen LogP contribution in [0.25, 0.3) is 0 Å². The van der Waals surface area contributed by atoms with Gasteiger partial charge in [0, 0.05) is 5.41 Å². The molecule has 0 N–H and O–H groups in total. The van der Waals surface area contributed by atoms with Crippen LogP contribution in [0.3, 0.4) is 0 Å². The third-order valence-corrected chi connectivity index (χ3v) is 10.3. The molecule has 4 aliphatic carbocycles. The van der Waals surface area contributed by atoms with Crippen LogP contribution in [0.2, 0.25) is 0 Å². The highest BCUT2D eigenvalue weighted by Crippen LogP contribution is 2.67. The average molecular weight is 409 g/mol. The molecular weight excluding hydrogens is 364 g/mol. The minimum absolute atomic E-state index is 0.132. The lowest BCUT2D eigenvalue weighted by Crippen LogP contribution is -2.50. The fourth-order valence-corrected chi connectivity index (χ4v) is 8.38. The molecular formula is C29H44O. The quantitative estimate of drug-likeness (QED) is 0.424. The summed E-state index contributed by atoms with van der Waals surface area (Å²) in [6.07, 6.45) is 20.4. The van der Waals surface area contributed by atoms with Gasteiger partial charge in [0.2, 0.25) is 0 Å². The Morgan fingerprint density at radius 1 is 1.07 bits per heavy atom. The van der Waals surface area contributed by atoms with Gasteiger partial charge in [-0.1, -0.05) is 65.3 Å². The number of carbonyl (C=O) groups excluding carboxylic acids is 1. The lowest BCUT2D eigenvalue weighted by molar-refractivity contribution is -0.111. The summed E-state index contributed by atoms with van der Waals surface area (Å²) in [4.78, 5) is 12.0. The summed E-state index contributed by atoms with van der Waals surface area (Å²) in [6, 6.07) is 0. The standard InChI is InChI=1S/C29H44O/c1-7-21(19(2)3)9-8-20(4)25-12-13-26-24-11-10-22-18-23(30)14-16-28(22,5)27(24)15-17-29(25,26)6/h8-9,14,16,18-21,24-27H,7,10-13,15,17H2,1-6H3/t20-,21-,24+,25-,26+,27+,28+,29-/m1/s1. The zero-order valence-corrected chi connectivity index (χ0v) is 20.3. The van der Waals surface area contributed by atoms with E-state index in [1.165, 1.54) is 44.1 Å². The number of allylic oxidation sites excluding steroid dienone is 6. The maximum absolute atomic E-state index is 12.0. The summed E-state index contributed by atoms with van der Waals surface area (Å²) in [6.45, 7) is 14.6. The number of hydrogen-bond donors (Lipinski definition) is 0. The molecule has 0 aromatic carbocycles. The van der Waals surface area contributed by atoms with E-state index in [-0.39, 0.29) is 11.2 Å². The predicted molar refractivity (Wildman–Crippen MR) is 127 cm³/mol. The van der Waals surface area contributed by atoms with Gasteiger partial charge in [-0.3, -0.25) is 4.79 Å². The molecule has 0 aromatic rings. The van der Waals surface area contributed by atoms with Gasteiger partial charge in [0.25, 0.3) is 0 Å². The van der Waals surface area contributed by atoms with E-state index in [0.717, 1.165) is 41.9 Å². The third-order valence-electron chi connectivity index (χ3n) is 10.3. The molecule has 30 heavy (non-hydrogen) atoms. The van der Waals surface area contributed by atoms with E-state index < -0.39 is 0 Å². The van der Waals surface area contributed by atoms with Crippen molar-refractivity contribution in [2.75, 3.05) is 0 Å². The van der Waals surface area contributed by atoms with Gasteiger partial charge in [0.15, 0.2) is 5.78 Å². The van der Waals surface area contributed by atoms with Crippen molar-refractivity contribution in [2.45, 2.75) is 86.5 Å². The first-order valence-electron chi connectivity index (χ1n) is 12.8. The van der Waals surface area contributed by atoms with Gasteiger partial charge in [0.05, 0.1) is 0 Å². The van der Waals surface area contributed by atoms with Crippen molar-refractivity contribution in [1.82, 2.24) is 0 Å². The summed E-state index contributed by atoms with van der Waals surface area (Å²) in [5.41, 5.74) is 2.05. The predicted octanol–water partition coefficient (Wildman–Crippen LogP) is 7.79. The summed E-state index contributed by atoms with van der Waals surface area (Å²) in [5, 5.41) is 0. The highest BCUT2D eigenvalue weighted by molar-refractivity contribution is 6.01. The zero-order chi connectivity index (χ0) is 21.7. The van der Waals surface area contributed by atoms with Crippen molar-refractivity contribution in [3.8, 4) is 0 Å². The average Bonchev–Trinajstić information content (AvgIpc) is 3.06. The highest BCUT2D eigenvalue weighted by Gasteiger charge is 2.58. The van der Waals surface area contributed by atoms with Crippen LogP contribution < -0.4 is 0 Å². The molecule has 0 aromatic heterocycles. The molecule has 4 aliphatic rings. The number of hydrogen-bond acceptors (Lipinski definition) is 1. The fraction of sp³-hybridized carbons (Fsp3) is 0.759. The maximum atomic E-state index is 12.0. The van der Waals surface area contributed by atoms with Crippen molar-refractivity contribution in [3.63, 3.8) is 0 Å². The second-order valence-electron chi connectivity index (χ2n) is 11.9. The van der Waals surface area contributed by atoms with Gasteiger partial charge in [-0.2, -0.15) is 0 Å².